The van der Waals surface area contributed by atoms with Crippen molar-refractivity contribution in [3.63, 3.8) is 0 Å². The third-order valence-corrected chi connectivity index (χ3v) is 5.79. The smallest absolute Gasteiger partial charge is 0.106 e. The van der Waals surface area contributed by atoms with Crippen LogP contribution in [-0.2, 0) is 13.0 Å². The maximum absolute atomic E-state index is 5.67. The summed E-state index contributed by atoms with van der Waals surface area (Å²) in [7, 11) is 3.52. The third-order valence-electron chi connectivity index (χ3n) is 5.46. The van der Waals surface area contributed by atoms with Crippen LogP contribution in [0.4, 0.5) is 0 Å². The van der Waals surface area contributed by atoms with E-state index in [4.69, 9.17) is 15.7 Å². The molecule has 4 aromatic rings. The largest absolute Gasteiger partial charge is 0.330 e. The molecule has 0 aliphatic heterocycles. The highest BCUT2D eigenvalue weighted by molar-refractivity contribution is 7.19. The number of nitrogens with zero attached hydrogens (tertiary/aromatic N) is 3. The van der Waals surface area contributed by atoms with Gasteiger partial charge in [0.15, 0.2) is 0 Å². The first-order valence-corrected chi connectivity index (χ1v) is 11.0. The van der Waals surface area contributed by atoms with Crippen LogP contribution in [0, 0.1) is 13.8 Å². The van der Waals surface area contributed by atoms with Crippen LogP contribution in [0.2, 0.25) is 0 Å². The molecule has 0 fully saturated rings. The maximum Gasteiger partial charge on any atom is 0.106 e. The molecule has 2 aromatic carbocycles. The number of aryl methyl sites for hydroxylation is 2. The van der Waals surface area contributed by atoms with Crippen molar-refractivity contribution in [2.45, 2.75) is 26.8 Å². The second-order valence-corrected chi connectivity index (χ2v) is 8.11. The average Bonchev–Trinajstić information content (AvgIpc) is 3.15. The molecular formula is C26H27N4P. The predicted molar refractivity (Wildman–Crippen MR) is 132 cm³/mol. The molecule has 2 heterocycles. The van der Waals surface area contributed by atoms with Crippen molar-refractivity contribution in [3.8, 4) is 22.5 Å². The fourth-order valence-electron chi connectivity index (χ4n) is 3.78. The van der Waals surface area contributed by atoms with Crippen molar-refractivity contribution in [1.82, 2.24) is 14.5 Å². The summed E-state index contributed by atoms with van der Waals surface area (Å²) in [5, 5.41) is 0. The number of rotatable bonds is 7. The Morgan fingerprint density at radius 3 is 2.61 bits per heavy atom. The molecule has 156 valence electrons. The summed E-state index contributed by atoms with van der Waals surface area (Å²) in [6.07, 6.45) is 4.90. The summed E-state index contributed by atoms with van der Waals surface area (Å²) in [6.45, 7) is 5.51. The Morgan fingerprint density at radius 2 is 1.90 bits per heavy atom. The molecule has 0 amide bonds. The number of pyridine rings is 1. The molecule has 5 heteroatoms. The molecular weight excluding hydrogens is 399 g/mol. The average molecular weight is 427 g/mol. The van der Waals surface area contributed by atoms with Crippen molar-refractivity contribution in [1.29, 1.82) is 0 Å². The fourth-order valence-corrected chi connectivity index (χ4v) is 3.96. The first-order valence-electron chi connectivity index (χ1n) is 10.5. The van der Waals surface area contributed by atoms with E-state index in [0.29, 0.717) is 6.54 Å². The van der Waals surface area contributed by atoms with Crippen LogP contribution in [0.25, 0.3) is 22.5 Å². The van der Waals surface area contributed by atoms with Gasteiger partial charge in [-0.2, -0.15) is 0 Å². The zero-order valence-electron chi connectivity index (χ0n) is 18.0. The summed E-state index contributed by atoms with van der Waals surface area (Å²) in [4.78, 5) is 9.52. The predicted octanol–water partition coefficient (Wildman–Crippen LogP) is 5.07. The SMILES string of the molecule is Cc1cccc(-c2cn(Cc3cc(C=P)ccc3-c3ccc(CCN)cn3)c(C)n2)c1. The Balaban J connectivity index is 1.70. The minimum Gasteiger partial charge on any atom is -0.330 e. The van der Waals surface area contributed by atoms with Crippen LogP contribution < -0.4 is 5.73 Å². The van der Waals surface area contributed by atoms with Crippen molar-refractivity contribution >= 4 is 14.7 Å². The Kier molecular flexibility index (Phi) is 6.41. The molecule has 0 aliphatic rings. The Labute approximate surface area is 186 Å². The Morgan fingerprint density at radius 1 is 1.03 bits per heavy atom. The van der Waals surface area contributed by atoms with E-state index in [1.54, 1.807) is 0 Å². The molecule has 0 aliphatic carbocycles. The van der Waals surface area contributed by atoms with Gasteiger partial charge in [-0.3, -0.25) is 4.98 Å². The van der Waals surface area contributed by atoms with E-state index >= 15 is 0 Å². The standard InChI is InChI=1S/C26H27N4P/c1-18-4-3-5-22(12-18)26-16-30(19(2)29-26)15-23-13-21(17-31)6-8-24(23)25-9-7-20(10-11-27)14-28-25/h3-9,12-14,16-17,31H,10-11,15,27H2,1-2H3. The van der Waals surface area contributed by atoms with Gasteiger partial charge in [0.05, 0.1) is 11.4 Å². The Bertz CT molecular complexity index is 1210. The minimum absolute atomic E-state index is 0.630. The second kappa shape index (κ2) is 9.38. The van der Waals surface area contributed by atoms with Crippen LogP contribution >= 0.6 is 8.86 Å². The van der Waals surface area contributed by atoms with Gasteiger partial charge in [-0.1, -0.05) is 42.0 Å². The lowest BCUT2D eigenvalue weighted by atomic mass is 10.0. The highest BCUT2D eigenvalue weighted by Crippen LogP contribution is 2.26. The van der Waals surface area contributed by atoms with Gasteiger partial charge in [0, 0.05) is 30.1 Å². The van der Waals surface area contributed by atoms with Crippen LogP contribution in [0.3, 0.4) is 0 Å². The van der Waals surface area contributed by atoms with E-state index in [1.165, 1.54) is 11.1 Å². The lowest BCUT2D eigenvalue weighted by Gasteiger charge is -2.13. The van der Waals surface area contributed by atoms with Gasteiger partial charge >= 0.3 is 0 Å². The summed E-state index contributed by atoms with van der Waals surface area (Å²) in [5.74, 6) is 2.92. The van der Waals surface area contributed by atoms with Gasteiger partial charge in [-0.15, -0.1) is 8.86 Å². The van der Waals surface area contributed by atoms with Crippen LogP contribution in [0.5, 0.6) is 0 Å². The fraction of sp³-hybridized carbons (Fsp3) is 0.192. The first kappa shape index (κ1) is 21.2. The molecule has 0 spiro atoms. The van der Waals surface area contributed by atoms with Gasteiger partial charge < -0.3 is 10.3 Å². The minimum atomic E-state index is 0.630. The zero-order valence-corrected chi connectivity index (χ0v) is 19.0. The van der Waals surface area contributed by atoms with E-state index in [9.17, 15) is 0 Å². The van der Waals surface area contributed by atoms with E-state index < -0.39 is 0 Å². The normalized spacial score (nSPS) is 10.9. The van der Waals surface area contributed by atoms with E-state index in [2.05, 4.69) is 88.1 Å². The van der Waals surface area contributed by atoms with Gasteiger partial charge in [-0.05, 0) is 67.5 Å². The second-order valence-electron chi connectivity index (χ2n) is 7.82. The first-order chi connectivity index (χ1) is 15.1. The van der Waals surface area contributed by atoms with Gasteiger partial charge in [0.2, 0.25) is 0 Å². The molecule has 2 N–H and O–H groups in total. The highest BCUT2D eigenvalue weighted by atomic mass is 31.0. The van der Waals surface area contributed by atoms with Crippen LogP contribution in [0.1, 0.15) is 28.1 Å². The molecule has 0 bridgehead atoms. The number of aromatic nitrogens is 3. The molecule has 4 rings (SSSR count). The van der Waals surface area contributed by atoms with Gasteiger partial charge in [-0.25, -0.2) is 4.98 Å². The molecule has 0 atom stereocenters. The Hall–Kier alpha value is -3.07. The number of nitrogens with two attached hydrogens (primary N) is 1. The highest BCUT2D eigenvalue weighted by Gasteiger charge is 2.12. The molecule has 31 heavy (non-hydrogen) atoms. The summed E-state index contributed by atoms with van der Waals surface area (Å²) >= 11 is 0. The molecule has 2 aromatic heterocycles. The topological polar surface area (TPSA) is 56.7 Å². The molecule has 0 unspecified atom stereocenters. The number of hydrogen-bond donors (Lipinski definition) is 1. The van der Waals surface area contributed by atoms with Crippen molar-refractivity contribution in [3.05, 3.63) is 95.1 Å². The van der Waals surface area contributed by atoms with Crippen LogP contribution in [-0.4, -0.2) is 26.9 Å². The monoisotopic (exact) mass is 426 g/mol. The molecule has 4 nitrogen and oxygen atoms in total. The van der Waals surface area contributed by atoms with Crippen LogP contribution in [0.15, 0.2) is 67.0 Å². The summed E-state index contributed by atoms with van der Waals surface area (Å²) < 4.78 is 2.21. The molecule has 0 saturated heterocycles. The summed E-state index contributed by atoms with van der Waals surface area (Å²) in [5.41, 5.74) is 14.6. The van der Waals surface area contributed by atoms with Crippen molar-refractivity contribution in [2.24, 2.45) is 5.73 Å². The summed E-state index contributed by atoms with van der Waals surface area (Å²) in [6, 6.07) is 19.1. The number of hydrogen-bond acceptors (Lipinski definition) is 3. The quantitative estimate of drug-likeness (QED) is 0.420. The molecule has 0 radical (unpaired) electrons. The van der Waals surface area contributed by atoms with Gasteiger partial charge in [0.1, 0.15) is 5.82 Å². The number of imidazole rings is 1. The van der Waals surface area contributed by atoms with Gasteiger partial charge in [0.25, 0.3) is 0 Å². The molecule has 0 saturated carbocycles. The van der Waals surface area contributed by atoms with E-state index in [-0.39, 0.29) is 0 Å². The van der Waals surface area contributed by atoms with Crippen molar-refractivity contribution < 1.29 is 0 Å². The van der Waals surface area contributed by atoms with Crippen molar-refractivity contribution in [2.75, 3.05) is 6.54 Å². The van der Waals surface area contributed by atoms with E-state index in [0.717, 1.165) is 52.4 Å². The lowest BCUT2D eigenvalue weighted by Crippen LogP contribution is -2.05. The third kappa shape index (κ3) is 4.82. The lowest BCUT2D eigenvalue weighted by molar-refractivity contribution is 0.762. The van der Waals surface area contributed by atoms with E-state index in [1.807, 2.05) is 12.0 Å². The maximum atomic E-state index is 5.67. The zero-order chi connectivity index (χ0) is 21.8. The number of benzene rings is 2.